The number of rotatable bonds is 14. The van der Waals surface area contributed by atoms with Crippen LogP contribution in [0, 0.1) is 3.57 Å². The Morgan fingerprint density at radius 3 is 2.22 bits per heavy atom. The highest BCUT2D eigenvalue weighted by Gasteiger charge is 2.24. The van der Waals surface area contributed by atoms with Gasteiger partial charge in [0, 0.05) is 16.4 Å². The summed E-state index contributed by atoms with van der Waals surface area (Å²) in [6.45, 7) is 5.65. The molecular formula is C24H31ClI2O5. The Morgan fingerprint density at radius 2 is 1.59 bits per heavy atom. The van der Waals surface area contributed by atoms with E-state index in [9.17, 15) is 10.2 Å². The number of aliphatic hydroxyl groups is 2. The third kappa shape index (κ3) is 8.79. The van der Waals surface area contributed by atoms with E-state index >= 15 is 0 Å². The molecule has 2 aromatic carbocycles. The molecule has 0 fully saturated rings. The first-order valence-electron chi connectivity index (χ1n) is 10.5. The van der Waals surface area contributed by atoms with E-state index in [0.29, 0.717) is 12.4 Å². The van der Waals surface area contributed by atoms with E-state index in [1.54, 1.807) is 0 Å². The van der Waals surface area contributed by atoms with Gasteiger partial charge in [0.2, 0.25) is 0 Å². The lowest BCUT2D eigenvalue weighted by Gasteiger charge is -2.27. The second-order valence-electron chi connectivity index (χ2n) is 8.00. The average Bonchev–Trinajstić information content (AvgIpc) is 2.79. The van der Waals surface area contributed by atoms with E-state index in [0.717, 1.165) is 31.3 Å². The normalized spacial score (nSPS) is 13.6. The molecule has 0 aromatic heterocycles. The Bertz CT molecular complexity index is 817. The van der Waals surface area contributed by atoms with Crippen molar-refractivity contribution in [2.45, 2.75) is 37.9 Å². The van der Waals surface area contributed by atoms with Gasteiger partial charge in [-0.3, -0.25) is 0 Å². The highest BCUT2D eigenvalue weighted by Crippen LogP contribution is 2.35. The number of hydrogen-bond acceptors (Lipinski definition) is 5. The van der Waals surface area contributed by atoms with Gasteiger partial charge in [0.25, 0.3) is 0 Å². The predicted octanol–water partition coefficient (Wildman–Crippen LogP) is 5.18. The lowest BCUT2D eigenvalue weighted by atomic mass is 9.78. The van der Waals surface area contributed by atoms with Crippen LogP contribution in [0.15, 0.2) is 42.5 Å². The first-order valence-corrected chi connectivity index (χ1v) is 13.6. The molecular weight excluding hydrogens is 658 g/mol. The maximum atomic E-state index is 9.99. The molecule has 2 aromatic rings. The van der Waals surface area contributed by atoms with E-state index < -0.39 is 12.2 Å². The summed E-state index contributed by atoms with van der Waals surface area (Å²) in [6, 6.07) is 14.0. The highest BCUT2D eigenvalue weighted by atomic mass is 127. The summed E-state index contributed by atoms with van der Waals surface area (Å²) in [5, 5.41) is 19.6. The number of aliphatic hydroxyl groups excluding tert-OH is 2. The summed E-state index contributed by atoms with van der Waals surface area (Å²) >= 11 is 10.2. The van der Waals surface area contributed by atoms with Crippen LogP contribution in [0.3, 0.4) is 0 Å². The summed E-state index contributed by atoms with van der Waals surface area (Å²) in [7, 11) is 0. The van der Waals surface area contributed by atoms with Crippen LogP contribution >= 0.6 is 56.8 Å². The van der Waals surface area contributed by atoms with Gasteiger partial charge in [-0.1, -0.05) is 54.6 Å². The maximum absolute atomic E-state index is 9.99. The topological polar surface area (TPSA) is 68.2 Å². The van der Waals surface area contributed by atoms with Crippen LogP contribution < -0.4 is 9.47 Å². The van der Waals surface area contributed by atoms with Crippen molar-refractivity contribution >= 4 is 56.8 Å². The molecule has 0 spiro atoms. The molecule has 0 aliphatic rings. The quantitative estimate of drug-likeness (QED) is 0.163. The van der Waals surface area contributed by atoms with Crippen LogP contribution in [0.1, 0.15) is 31.4 Å². The van der Waals surface area contributed by atoms with Gasteiger partial charge < -0.3 is 24.4 Å². The smallest absolute Gasteiger partial charge is 0.132 e. The van der Waals surface area contributed by atoms with E-state index in [2.05, 4.69) is 65.1 Å². The van der Waals surface area contributed by atoms with Crippen molar-refractivity contribution < 1.29 is 24.4 Å². The van der Waals surface area contributed by atoms with Gasteiger partial charge >= 0.3 is 0 Å². The summed E-state index contributed by atoms with van der Waals surface area (Å²) in [5.74, 6) is 1.59. The van der Waals surface area contributed by atoms with Crippen molar-refractivity contribution in [2.75, 3.05) is 36.7 Å². The standard InChI is InChI=1S/C24H31ClI2O5/c1-24(2,18-6-9-23(22(27)12-18)32-15-19(28)13-25)17-4-7-21(8-5-17)31-16-20(29)14-30-11-3-10-26/h4-9,12,19-20,28-29H,3,10-11,13-16H2,1-2H3/t19-,20+/m1/s1. The minimum absolute atomic E-state index is 0.146. The minimum Gasteiger partial charge on any atom is -0.491 e. The summed E-state index contributed by atoms with van der Waals surface area (Å²) in [5.41, 5.74) is 2.08. The maximum Gasteiger partial charge on any atom is 0.132 e. The monoisotopic (exact) mass is 688 g/mol. The van der Waals surface area contributed by atoms with Gasteiger partial charge in [0.1, 0.15) is 36.9 Å². The van der Waals surface area contributed by atoms with Crippen molar-refractivity contribution in [1.29, 1.82) is 0 Å². The average molecular weight is 689 g/mol. The molecule has 178 valence electrons. The van der Waals surface area contributed by atoms with Crippen molar-refractivity contribution in [3.8, 4) is 11.5 Å². The van der Waals surface area contributed by atoms with E-state index in [4.69, 9.17) is 25.8 Å². The molecule has 0 aliphatic heterocycles. The summed E-state index contributed by atoms with van der Waals surface area (Å²) < 4.78 is 18.8. The zero-order valence-electron chi connectivity index (χ0n) is 18.4. The number of ether oxygens (including phenoxy) is 3. The Balaban J connectivity index is 1.96. The van der Waals surface area contributed by atoms with Gasteiger partial charge in [-0.15, -0.1) is 11.6 Å². The highest BCUT2D eigenvalue weighted by molar-refractivity contribution is 14.1. The molecule has 2 N–H and O–H groups in total. The van der Waals surface area contributed by atoms with E-state index in [1.165, 1.54) is 0 Å². The number of alkyl halides is 2. The molecule has 0 aliphatic carbocycles. The van der Waals surface area contributed by atoms with Crippen LogP contribution in [0.4, 0.5) is 0 Å². The fourth-order valence-electron chi connectivity index (χ4n) is 2.99. The lowest BCUT2D eigenvalue weighted by Crippen LogP contribution is -2.24. The summed E-state index contributed by atoms with van der Waals surface area (Å²) in [6.07, 6.45) is -0.343. The second kappa shape index (κ2) is 14.2. The van der Waals surface area contributed by atoms with Crippen LogP contribution in [0.25, 0.3) is 0 Å². The lowest BCUT2D eigenvalue weighted by molar-refractivity contribution is 0.0127. The zero-order valence-corrected chi connectivity index (χ0v) is 23.5. The van der Waals surface area contributed by atoms with Crippen molar-refractivity contribution in [2.24, 2.45) is 0 Å². The molecule has 0 saturated carbocycles. The fourth-order valence-corrected chi connectivity index (χ4v) is 4.06. The molecule has 0 radical (unpaired) electrons. The number of benzene rings is 2. The molecule has 0 bridgehead atoms. The molecule has 5 nitrogen and oxygen atoms in total. The van der Waals surface area contributed by atoms with Gasteiger partial charge in [-0.05, 0) is 64.4 Å². The van der Waals surface area contributed by atoms with Gasteiger partial charge in [-0.2, -0.15) is 0 Å². The van der Waals surface area contributed by atoms with Gasteiger partial charge in [0.05, 0.1) is 16.1 Å². The minimum atomic E-state index is -0.682. The molecule has 0 unspecified atom stereocenters. The van der Waals surface area contributed by atoms with Crippen LogP contribution in [0.2, 0.25) is 0 Å². The van der Waals surface area contributed by atoms with E-state index in [1.807, 2.05) is 36.4 Å². The number of hydrogen-bond donors (Lipinski definition) is 2. The molecule has 2 rings (SSSR count). The SMILES string of the molecule is CC(C)(c1ccc(OC[C@@H](O)COCCCI)cc1)c1ccc(OC[C@H](O)CCl)c(I)c1. The van der Waals surface area contributed by atoms with E-state index in [-0.39, 0.29) is 31.1 Å². The Kier molecular flexibility index (Phi) is 12.3. The first-order chi connectivity index (χ1) is 15.3. The molecule has 0 heterocycles. The summed E-state index contributed by atoms with van der Waals surface area (Å²) in [4.78, 5) is 0. The molecule has 32 heavy (non-hydrogen) atoms. The second-order valence-corrected chi connectivity index (χ2v) is 10.5. The third-order valence-electron chi connectivity index (χ3n) is 5.01. The van der Waals surface area contributed by atoms with Gasteiger partial charge in [-0.25, -0.2) is 0 Å². The largest absolute Gasteiger partial charge is 0.491 e. The molecule has 0 amide bonds. The third-order valence-corrected chi connectivity index (χ3v) is 6.98. The Morgan fingerprint density at radius 1 is 0.938 bits per heavy atom. The van der Waals surface area contributed by atoms with Crippen LogP contribution in [0.5, 0.6) is 11.5 Å². The molecule has 2 atom stereocenters. The van der Waals surface area contributed by atoms with Crippen molar-refractivity contribution in [3.63, 3.8) is 0 Å². The fraction of sp³-hybridized carbons (Fsp3) is 0.500. The molecule has 0 saturated heterocycles. The Labute approximate surface area is 223 Å². The van der Waals surface area contributed by atoms with Crippen LogP contribution in [-0.2, 0) is 10.2 Å². The van der Waals surface area contributed by atoms with Gasteiger partial charge in [0.15, 0.2) is 0 Å². The predicted molar refractivity (Wildman–Crippen MR) is 146 cm³/mol. The Hall–Kier alpha value is -0.330. The first kappa shape index (κ1) is 27.9. The zero-order chi connectivity index (χ0) is 23.6. The number of halogens is 3. The van der Waals surface area contributed by atoms with Crippen molar-refractivity contribution in [3.05, 3.63) is 57.2 Å². The molecule has 8 heteroatoms. The van der Waals surface area contributed by atoms with Crippen LogP contribution in [-0.4, -0.2) is 59.2 Å². The van der Waals surface area contributed by atoms with Crippen molar-refractivity contribution in [1.82, 2.24) is 0 Å².